The minimum Gasteiger partial charge on any atom is -0.394 e. The van der Waals surface area contributed by atoms with Crippen LogP contribution in [-0.2, 0) is 4.74 Å². The van der Waals surface area contributed by atoms with Crippen molar-refractivity contribution in [1.29, 1.82) is 0 Å². The molecule has 0 aliphatic rings. The van der Waals surface area contributed by atoms with Crippen molar-refractivity contribution in [1.82, 2.24) is 0 Å². The zero-order valence-electron chi connectivity index (χ0n) is 7.30. The van der Waals surface area contributed by atoms with Gasteiger partial charge in [0.2, 0.25) is 0 Å². The minimum absolute atomic E-state index is 0.194. The Morgan fingerprint density at radius 2 is 1.77 bits per heavy atom. The first-order chi connectivity index (χ1) is 6.08. The van der Waals surface area contributed by atoms with Gasteiger partial charge in [0, 0.05) is 7.11 Å². The van der Waals surface area contributed by atoms with Gasteiger partial charge < -0.3 is 25.2 Å². The van der Waals surface area contributed by atoms with Gasteiger partial charge >= 0.3 is 0 Å². The standard InChI is InChI=1S/C7H15ClO5/c1-13-5(3-9)7(12)6(11)4(10)2-8/h4-7,9-12H,2-3H2,1H3/t4-,5+,6+,7+/m0/s1. The maximum Gasteiger partial charge on any atom is 0.111 e. The van der Waals surface area contributed by atoms with Crippen molar-refractivity contribution in [2.75, 3.05) is 19.6 Å². The summed E-state index contributed by atoms with van der Waals surface area (Å²) >= 11 is 5.26. The Bertz CT molecular complexity index is 130. The van der Waals surface area contributed by atoms with Crippen molar-refractivity contribution in [3.63, 3.8) is 0 Å². The molecule has 0 aromatic heterocycles. The summed E-state index contributed by atoms with van der Waals surface area (Å²) < 4.78 is 4.66. The van der Waals surface area contributed by atoms with Gasteiger partial charge in [-0.05, 0) is 0 Å². The molecule has 0 amide bonds. The van der Waals surface area contributed by atoms with Gasteiger partial charge in [-0.15, -0.1) is 11.6 Å². The predicted octanol–water partition coefficient (Wildman–Crippen LogP) is -1.68. The summed E-state index contributed by atoms with van der Waals surface area (Å²) in [5.74, 6) is -0.194. The topological polar surface area (TPSA) is 90.2 Å². The summed E-state index contributed by atoms with van der Waals surface area (Å²) in [5.41, 5.74) is 0. The zero-order valence-corrected chi connectivity index (χ0v) is 8.05. The third-order valence-electron chi connectivity index (χ3n) is 1.77. The van der Waals surface area contributed by atoms with Gasteiger partial charge in [-0.2, -0.15) is 0 Å². The van der Waals surface area contributed by atoms with Gasteiger partial charge in [-0.25, -0.2) is 0 Å². The second-order valence-corrected chi connectivity index (χ2v) is 2.97. The molecule has 6 heteroatoms. The first kappa shape index (κ1) is 13.1. The fraction of sp³-hybridized carbons (Fsp3) is 1.00. The van der Waals surface area contributed by atoms with Crippen LogP contribution in [0.1, 0.15) is 0 Å². The Kier molecular flexibility index (Phi) is 6.58. The summed E-state index contributed by atoms with van der Waals surface area (Å²) in [6, 6.07) is 0. The van der Waals surface area contributed by atoms with E-state index in [2.05, 4.69) is 4.74 Å². The van der Waals surface area contributed by atoms with Crippen LogP contribution in [0.15, 0.2) is 0 Å². The molecule has 0 aromatic rings. The number of rotatable bonds is 6. The molecule has 0 rings (SSSR count). The predicted molar refractivity (Wildman–Crippen MR) is 46.6 cm³/mol. The highest BCUT2D eigenvalue weighted by Gasteiger charge is 2.30. The van der Waals surface area contributed by atoms with E-state index in [0.29, 0.717) is 0 Å². The van der Waals surface area contributed by atoms with Crippen molar-refractivity contribution in [3.05, 3.63) is 0 Å². The molecule has 0 bridgehead atoms. The second-order valence-electron chi connectivity index (χ2n) is 2.66. The third-order valence-corrected chi connectivity index (χ3v) is 2.08. The maximum absolute atomic E-state index is 9.33. The fourth-order valence-electron chi connectivity index (χ4n) is 0.861. The Labute approximate surface area is 81.5 Å². The lowest BCUT2D eigenvalue weighted by atomic mass is 10.0. The molecule has 5 nitrogen and oxygen atoms in total. The van der Waals surface area contributed by atoms with Crippen LogP contribution in [0.3, 0.4) is 0 Å². The van der Waals surface area contributed by atoms with E-state index in [1.54, 1.807) is 0 Å². The van der Waals surface area contributed by atoms with Crippen LogP contribution >= 0.6 is 11.6 Å². The van der Waals surface area contributed by atoms with E-state index in [9.17, 15) is 10.2 Å². The van der Waals surface area contributed by atoms with Crippen LogP contribution in [0, 0.1) is 0 Å². The number of hydrogen-bond donors (Lipinski definition) is 4. The summed E-state index contributed by atoms with van der Waals surface area (Å²) in [6.07, 6.45) is -4.94. The number of ether oxygens (including phenoxy) is 1. The van der Waals surface area contributed by atoms with Crippen molar-refractivity contribution < 1.29 is 25.2 Å². The second kappa shape index (κ2) is 6.53. The fourth-order valence-corrected chi connectivity index (χ4v) is 1.04. The van der Waals surface area contributed by atoms with Gasteiger partial charge in [-0.1, -0.05) is 0 Å². The summed E-state index contributed by atoms with van der Waals surface area (Å²) in [7, 11) is 1.28. The van der Waals surface area contributed by atoms with Crippen LogP contribution < -0.4 is 0 Å². The highest BCUT2D eigenvalue weighted by Crippen LogP contribution is 2.08. The van der Waals surface area contributed by atoms with Crippen molar-refractivity contribution in [3.8, 4) is 0 Å². The van der Waals surface area contributed by atoms with Crippen LogP contribution in [0.4, 0.5) is 0 Å². The molecule has 0 radical (unpaired) electrons. The molecule has 0 aliphatic carbocycles. The lowest BCUT2D eigenvalue weighted by molar-refractivity contribution is -0.121. The lowest BCUT2D eigenvalue weighted by Crippen LogP contribution is -2.47. The van der Waals surface area contributed by atoms with Gasteiger partial charge in [0.1, 0.15) is 18.3 Å². The molecule has 0 aliphatic heterocycles. The van der Waals surface area contributed by atoms with E-state index in [1.165, 1.54) is 7.11 Å². The Hall–Kier alpha value is 0.0900. The molecule has 80 valence electrons. The van der Waals surface area contributed by atoms with E-state index < -0.39 is 31.0 Å². The third kappa shape index (κ3) is 3.76. The molecule has 0 heterocycles. The first-order valence-corrected chi connectivity index (χ1v) is 4.35. The number of aliphatic hydroxyl groups excluding tert-OH is 4. The van der Waals surface area contributed by atoms with Crippen molar-refractivity contribution in [2.24, 2.45) is 0 Å². The highest BCUT2D eigenvalue weighted by atomic mass is 35.5. The van der Waals surface area contributed by atoms with E-state index >= 15 is 0 Å². The highest BCUT2D eigenvalue weighted by molar-refractivity contribution is 6.18. The normalized spacial score (nSPS) is 20.8. The van der Waals surface area contributed by atoms with E-state index in [0.717, 1.165) is 0 Å². The zero-order chi connectivity index (χ0) is 10.4. The molecule has 4 atom stereocenters. The van der Waals surface area contributed by atoms with E-state index in [-0.39, 0.29) is 5.88 Å². The molecule has 4 N–H and O–H groups in total. The summed E-state index contributed by atoms with van der Waals surface area (Å²) in [6.45, 7) is -0.441. The van der Waals surface area contributed by atoms with Crippen molar-refractivity contribution in [2.45, 2.75) is 24.4 Å². The molecule has 0 saturated carbocycles. The molecule has 0 spiro atoms. The largest absolute Gasteiger partial charge is 0.394 e. The van der Waals surface area contributed by atoms with Crippen molar-refractivity contribution >= 4 is 11.6 Å². The Morgan fingerprint density at radius 3 is 2.08 bits per heavy atom. The van der Waals surface area contributed by atoms with Gasteiger partial charge in [-0.3, -0.25) is 0 Å². The molecule has 0 aromatic carbocycles. The lowest BCUT2D eigenvalue weighted by Gasteiger charge is -2.26. The van der Waals surface area contributed by atoms with E-state index in [1.807, 2.05) is 0 Å². The molecule has 0 fully saturated rings. The number of alkyl halides is 1. The average molecular weight is 215 g/mol. The number of halogens is 1. The Morgan fingerprint density at radius 1 is 1.23 bits per heavy atom. The quantitative estimate of drug-likeness (QED) is 0.397. The van der Waals surface area contributed by atoms with Crippen LogP contribution in [-0.4, -0.2) is 64.4 Å². The van der Waals surface area contributed by atoms with Gasteiger partial charge in [0.15, 0.2) is 0 Å². The average Bonchev–Trinajstić information content (AvgIpc) is 2.17. The monoisotopic (exact) mass is 214 g/mol. The van der Waals surface area contributed by atoms with Crippen LogP contribution in [0.25, 0.3) is 0 Å². The number of methoxy groups -OCH3 is 1. The van der Waals surface area contributed by atoms with E-state index in [4.69, 9.17) is 21.8 Å². The Balaban J connectivity index is 4.13. The molecule has 0 saturated heterocycles. The smallest absolute Gasteiger partial charge is 0.111 e. The summed E-state index contributed by atoms with van der Waals surface area (Å²) in [5, 5.41) is 36.3. The number of hydrogen-bond acceptors (Lipinski definition) is 5. The molecular formula is C7H15ClO5. The first-order valence-electron chi connectivity index (χ1n) is 3.82. The van der Waals surface area contributed by atoms with Crippen LogP contribution in [0.5, 0.6) is 0 Å². The maximum atomic E-state index is 9.33. The van der Waals surface area contributed by atoms with Gasteiger partial charge in [0.25, 0.3) is 0 Å². The molecule has 13 heavy (non-hydrogen) atoms. The summed E-state index contributed by atoms with van der Waals surface area (Å²) in [4.78, 5) is 0. The molecular weight excluding hydrogens is 200 g/mol. The van der Waals surface area contributed by atoms with Gasteiger partial charge in [0.05, 0.1) is 18.6 Å². The SMILES string of the molecule is CO[C@H](CO)[C@@H](O)[C@H](O)[C@@H](O)CCl. The minimum atomic E-state index is -1.42. The van der Waals surface area contributed by atoms with Crippen LogP contribution in [0.2, 0.25) is 0 Å². The molecule has 0 unspecified atom stereocenters. The number of aliphatic hydroxyl groups is 4.